The van der Waals surface area contributed by atoms with Crippen molar-refractivity contribution < 1.29 is 14.3 Å². The molecule has 1 unspecified atom stereocenters. The third-order valence-corrected chi connectivity index (χ3v) is 4.72. The maximum atomic E-state index is 12.5. The van der Waals surface area contributed by atoms with Crippen molar-refractivity contribution in [2.24, 2.45) is 0 Å². The Labute approximate surface area is 154 Å². The summed E-state index contributed by atoms with van der Waals surface area (Å²) in [7, 11) is 0. The first kappa shape index (κ1) is 18.6. The molecule has 1 atom stereocenters. The highest BCUT2D eigenvalue weighted by Crippen LogP contribution is 2.24. The number of hydrogen-bond donors (Lipinski definition) is 2. The molecule has 3 rings (SSSR count). The van der Waals surface area contributed by atoms with Crippen molar-refractivity contribution in [1.29, 1.82) is 0 Å². The van der Waals surface area contributed by atoms with Crippen molar-refractivity contribution in [1.82, 2.24) is 20.5 Å². The normalized spacial score (nSPS) is 21.0. The summed E-state index contributed by atoms with van der Waals surface area (Å²) in [5, 5.41) is 6.29. The van der Waals surface area contributed by atoms with E-state index in [1.54, 1.807) is 17.2 Å². The summed E-state index contributed by atoms with van der Waals surface area (Å²) < 4.78 is 5.53. The minimum absolute atomic E-state index is 0.132. The molecule has 0 radical (unpaired) electrons. The van der Waals surface area contributed by atoms with E-state index >= 15 is 0 Å². The lowest BCUT2D eigenvalue weighted by Gasteiger charge is -2.37. The van der Waals surface area contributed by atoms with Crippen LogP contribution >= 0.6 is 0 Å². The second kappa shape index (κ2) is 7.61. The van der Waals surface area contributed by atoms with Crippen LogP contribution in [0.3, 0.4) is 0 Å². The van der Waals surface area contributed by atoms with Crippen LogP contribution in [-0.2, 0) is 4.74 Å². The van der Waals surface area contributed by atoms with E-state index in [0.29, 0.717) is 18.8 Å². The van der Waals surface area contributed by atoms with Crippen molar-refractivity contribution in [2.75, 3.05) is 19.6 Å². The molecule has 1 saturated carbocycles. The third kappa shape index (κ3) is 4.52. The number of pyridine rings is 1. The van der Waals surface area contributed by atoms with Gasteiger partial charge in [-0.05, 0) is 51.7 Å². The molecule has 1 saturated heterocycles. The Morgan fingerprint density at radius 3 is 2.65 bits per heavy atom. The van der Waals surface area contributed by atoms with E-state index in [9.17, 15) is 9.59 Å². The summed E-state index contributed by atoms with van der Waals surface area (Å²) in [6, 6.07) is 3.73. The highest BCUT2D eigenvalue weighted by Gasteiger charge is 2.31. The number of nitrogens with one attached hydrogen (secondary N) is 2. The van der Waals surface area contributed by atoms with Crippen LogP contribution in [-0.4, -0.2) is 53.2 Å². The molecule has 1 aliphatic carbocycles. The summed E-state index contributed by atoms with van der Waals surface area (Å²) in [5.41, 5.74) is 0.769. The van der Waals surface area contributed by atoms with E-state index in [1.807, 2.05) is 26.8 Å². The molecular weight excluding hydrogens is 332 g/mol. The van der Waals surface area contributed by atoms with E-state index in [2.05, 4.69) is 15.6 Å². The zero-order chi connectivity index (χ0) is 18.7. The van der Waals surface area contributed by atoms with Gasteiger partial charge in [-0.3, -0.25) is 14.7 Å². The fourth-order valence-electron chi connectivity index (χ4n) is 3.09. The van der Waals surface area contributed by atoms with E-state index in [0.717, 1.165) is 24.9 Å². The first-order chi connectivity index (χ1) is 12.3. The molecule has 26 heavy (non-hydrogen) atoms. The highest BCUT2D eigenvalue weighted by atomic mass is 16.6. The van der Waals surface area contributed by atoms with E-state index in [-0.39, 0.29) is 24.1 Å². The van der Waals surface area contributed by atoms with Gasteiger partial charge in [0.05, 0.1) is 6.04 Å². The van der Waals surface area contributed by atoms with Crippen molar-refractivity contribution in [3.8, 4) is 0 Å². The van der Waals surface area contributed by atoms with Crippen LogP contribution in [0.4, 0.5) is 4.79 Å². The first-order valence-corrected chi connectivity index (χ1v) is 9.30. The number of amides is 2. The van der Waals surface area contributed by atoms with Gasteiger partial charge >= 0.3 is 6.09 Å². The summed E-state index contributed by atoms with van der Waals surface area (Å²) in [5.74, 6) is -0.132. The van der Waals surface area contributed by atoms with Gasteiger partial charge in [-0.25, -0.2) is 4.79 Å². The van der Waals surface area contributed by atoms with Gasteiger partial charge in [-0.2, -0.15) is 0 Å². The molecule has 1 aromatic rings. The van der Waals surface area contributed by atoms with Crippen LogP contribution in [0, 0.1) is 0 Å². The third-order valence-electron chi connectivity index (χ3n) is 4.72. The Kier molecular flexibility index (Phi) is 5.46. The maximum Gasteiger partial charge on any atom is 0.410 e. The predicted molar refractivity (Wildman–Crippen MR) is 97.9 cm³/mol. The Morgan fingerprint density at radius 2 is 2.08 bits per heavy atom. The zero-order valence-electron chi connectivity index (χ0n) is 15.7. The molecule has 2 amide bonds. The number of carbonyl (C=O) groups is 2. The monoisotopic (exact) mass is 360 g/mol. The highest BCUT2D eigenvalue weighted by molar-refractivity contribution is 5.92. The minimum atomic E-state index is -0.534. The Hall–Kier alpha value is -2.15. The minimum Gasteiger partial charge on any atom is -0.444 e. The predicted octanol–water partition coefficient (Wildman–Crippen LogP) is 2.25. The number of aromatic nitrogens is 1. The van der Waals surface area contributed by atoms with Crippen molar-refractivity contribution in [3.05, 3.63) is 29.6 Å². The molecule has 1 aliphatic heterocycles. The molecule has 7 heteroatoms. The van der Waals surface area contributed by atoms with Gasteiger partial charge in [-0.15, -0.1) is 0 Å². The molecule has 0 bridgehead atoms. The quantitative estimate of drug-likeness (QED) is 0.864. The lowest BCUT2D eigenvalue weighted by Crippen LogP contribution is -2.50. The second-order valence-electron chi connectivity index (χ2n) is 7.97. The molecule has 0 spiro atoms. The molecule has 142 valence electrons. The summed E-state index contributed by atoms with van der Waals surface area (Å²) in [4.78, 5) is 30.8. The van der Waals surface area contributed by atoms with Crippen LogP contribution in [0.1, 0.15) is 62.1 Å². The summed E-state index contributed by atoms with van der Waals surface area (Å²) >= 11 is 0. The standard InChI is InChI=1S/C19H28N4O3/c1-19(2,3)26-18(25)23-10-9-20-12-16(23)13-7-8-15(21-11-13)17(24)22-14-5-4-6-14/h7-8,11,14,16,20H,4-6,9-10,12H2,1-3H3,(H,22,24). The fraction of sp³-hybridized carbons (Fsp3) is 0.632. The number of carbonyl (C=O) groups excluding carboxylic acids is 2. The average Bonchev–Trinajstić information content (AvgIpc) is 2.56. The number of piperazine rings is 1. The summed E-state index contributed by atoms with van der Waals surface area (Å²) in [6.45, 7) is 7.51. The lowest BCUT2D eigenvalue weighted by molar-refractivity contribution is 0.0117. The number of rotatable bonds is 3. The lowest BCUT2D eigenvalue weighted by atomic mass is 9.93. The zero-order valence-corrected chi connectivity index (χ0v) is 15.7. The van der Waals surface area contributed by atoms with Crippen LogP contribution < -0.4 is 10.6 Å². The topological polar surface area (TPSA) is 83.6 Å². The number of ether oxygens (including phenoxy) is 1. The van der Waals surface area contributed by atoms with Gasteiger partial charge in [0.2, 0.25) is 0 Å². The largest absolute Gasteiger partial charge is 0.444 e. The smallest absolute Gasteiger partial charge is 0.410 e. The van der Waals surface area contributed by atoms with Crippen LogP contribution in [0.2, 0.25) is 0 Å². The molecule has 2 heterocycles. The Bertz CT molecular complexity index is 650. The summed E-state index contributed by atoms with van der Waals surface area (Å²) in [6.07, 6.45) is 4.62. The van der Waals surface area contributed by atoms with Gasteiger partial charge in [0.1, 0.15) is 11.3 Å². The van der Waals surface area contributed by atoms with Gasteiger partial charge in [0.15, 0.2) is 0 Å². The molecule has 2 N–H and O–H groups in total. The average molecular weight is 360 g/mol. The van der Waals surface area contributed by atoms with Crippen molar-refractivity contribution in [3.63, 3.8) is 0 Å². The van der Waals surface area contributed by atoms with Gasteiger partial charge < -0.3 is 15.4 Å². The number of nitrogens with zero attached hydrogens (tertiary/aromatic N) is 2. The van der Waals surface area contributed by atoms with Crippen molar-refractivity contribution in [2.45, 2.75) is 57.7 Å². The van der Waals surface area contributed by atoms with Crippen LogP contribution in [0.5, 0.6) is 0 Å². The van der Waals surface area contributed by atoms with Crippen LogP contribution in [0.15, 0.2) is 18.3 Å². The SMILES string of the molecule is CC(C)(C)OC(=O)N1CCNCC1c1ccc(C(=O)NC2CCC2)nc1. The molecule has 2 fully saturated rings. The van der Waals surface area contributed by atoms with E-state index in [1.165, 1.54) is 6.42 Å². The fourth-order valence-corrected chi connectivity index (χ4v) is 3.09. The molecule has 7 nitrogen and oxygen atoms in total. The molecule has 0 aromatic carbocycles. The van der Waals surface area contributed by atoms with Gasteiger partial charge in [0.25, 0.3) is 5.91 Å². The van der Waals surface area contributed by atoms with E-state index in [4.69, 9.17) is 4.74 Å². The Balaban J connectivity index is 1.69. The molecular formula is C19H28N4O3. The van der Waals surface area contributed by atoms with Gasteiger partial charge in [0, 0.05) is 31.9 Å². The van der Waals surface area contributed by atoms with Gasteiger partial charge in [-0.1, -0.05) is 6.07 Å². The number of hydrogen-bond acceptors (Lipinski definition) is 5. The van der Waals surface area contributed by atoms with Crippen LogP contribution in [0.25, 0.3) is 0 Å². The van der Waals surface area contributed by atoms with Crippen molar-refractivity contribution >= 4 is 12.0 Å². The first-order valence-electron chi connectivity index (χ1n) is 9.30. The molecule has 2 aliphatic rings. The van der Waals surface area contributed by atoms with E-state index < -0.39 is 5.60 Å². The molecule has 1 aromatic heterocycles. The second-order valence-corrected chi connectivity index (χ2v) is 7.97. The maximum absolute atomic E-state index is 12.5. The Morgan fingerprint density at radius 1 is 1.31 bits per heavy atom.